The van der Waals surface area contributed by atoms with E-state index < -0.39 is 0 Å². The molecule has 3 rings (SSSR count). The van der Waals surface area contributed by atoms with Crippen molar-refractivity contribution in [2.45, 2.75) is 0 Å². The molecule has 2 aromatic carbocycles. The maximum Gasteiger partial charge on any atom is 0.216 e. The van der Waals surface area contributed by atoms with Crippen LogP contribution >= 0.6 is 47.0 Å². The molecule has 0 aliphatic carbocycles. The fraction of sp³-hybridized carbons (Fsp3) is 0. The van der Waals surface area contributed by atoms with Crippen LogP contribution in [0.1, 0.15) is 5.56 Å². The summed E-state index contributed by atoms with van der Waals surface area (Å²) >= 11 is 23.2. The molecule has 0 saturated heterocycles. The highest BCUT2D eigenvalue weighted by atomic mass is 35.5. The molecule has 116 valence electrons. The van der Waals surface area contributed by atoms with E-state index in [0.717, 1.165) is 5.56 Å². The Morgan fingerprint density at radius 1 is 1.04 bits per heavy atom. The lowest BCUT2D eigenvalue weighted by atomic mass is 10.2. The molecule has 1 heterocycles. The van der Waals surface area contributed by atoms with Crippen LogP contribution in [0.15, 0.2) is 47.6 Å². The number of halogens is 3. The number of H-pyrrole nitrogens is 1. The van der Waals surface area contributed by atoms with E-state index in [1.165, 1.54) is 4.68 Å². The fourth-order valence-corrected chi connectivity index (χ4v) is 2.72. The Hall–Kier alpha value is -1.66. The summed E-state index contributed by atoms with van der Waals surface area (Å²) in [4.78, 5) is 0. The van der Waals surface area contributed by atoms with Gasteiger partial charge in [-0.05, 0) is 48.1 Å². The van der Waals surface area contributed by atoms with E-state index in [2.05, 4.69) is 15.3 Å². The lowest BCUT2D eigenvalue weighted by Gasteiger charge is -2.04. The van der Waals surface area contributed by atoms with E-state index in [0.29, 0.717) is 31.2 Å². The molecule has 23 heavy (non-hydrogen) atoms. The molecule has 0 radical (unpaired) electrons. The molecule has 0 aliphatic heterocycles. The zero-order valence-electron chi connectivity index (χ0n) is 11.5. The molecule has 0 unspecified atom stereocenters. The van der Waals surface area contributed by atoms with Crippen molar-refractivity contribution in [1.82, 2.24) is 14.9 Å². The molecule has 1 N–H and O–H groups in total. The number of benzene rings is 2. The number of aromatic amines is 1. The second-order valence-corrected chi connectivity index (χ2v) is 6.25. The zero-order chi connectivity index (χ0) is 16.4. The van der Waals surface area contributed by atoms with Crippen molar-refractivity contribution in [3.63, 3.8) is 0 Å². The molecule has 0 bridgehead atoms. The highest BCUT2D eigenvalue weighted by Crippen LogP contribution is 2.29. The molecule has 8 heteroatoms. The third-order valence-electron chi connectivity index (χ3n) is 3.01. The molecular weight excluding hydrogens is 375 g/mol. The van der Waals surface area contributed by atoms with Gasteiger partial charge in [-0.1, -0.05) is 46.9 Å². The second kappa shape index (κ2) is 6.84. The maximum atomic E-state index is 6.23. The predicted octanol–water partition coefficient (Wildman–Crippen LogP) is 5.45. The molecule has 0 saturated carbocycles. The fourth-order valence-electron chi connectivity index (χ4n) is 1.92. The Kier molecular flexibility index (Phi) is 4.82. The van der Waals surface area contributed by atoms with Gasteiger partial charge in [0, 0.05) is 15.6 Å². The smallest absolute Gasteiger partial charge is 0.216 e. The topological polar surface area (TPSA) is 46.0 Å². The van der Waals surface area contributed by atoms with Gasteiger partial charge in [-0.3, -0.25) is 0 Å². The van der Waals surface area contributed by atoms with Crippen LogP contribution in [0, 0.1) is 4.77 Å². The lowest BCUT2D eigenvalue weighted by molar-refractivity contribution is 0.871. The summed E-state index contributed by atoms with van der Waals surface area (Å²) in [7, 11) is 0. The van der Waals surface area contributed by atoms with E-state index in [-0.39, 0.29) is 0 Å². The van der Waals surface area contributed by atoms with Crippen LogP contribution in [0.4, 0.5) is 0 Å². The summed E-state index contributed by atoms with van der Waals surface area (Å²) in [5.41, 5.74) is 1.56. The summed E-state index contributed by atoms with van der Waals surface area (Å²) in [6.07, 6.45) is 1.66. The molecule has 0 aliphatic rings. The molecule has 0 spiro atoms. The van der Waals surface area contributed by atoms with Crippen LogP contribution < -0.4 is 0 Å². The minimum absolute atomic E-state index is 0.358. The lowest BCUT2D eigenvalue weighted by Crippen LogP contribution is -1.95. The van der Waals surface area contributed by atoms with Crippen molar-refractivity contribution < 1.29 is 0 Å². The third-order valence-corrected chi connectivity index (χ3v) is 4.08. The Balaban J connectivity index is 2.02. The van der Waals surface area contributed by atoms with Gasteiger partial charge in [0.25, 0.3) is 0 Å². The Morgan fingerprint density at radius 3 is 2.43 bits per heavy atom. The van der Waals surface area contributed by atoms with Crippen LogP contribution in [-0.2, 0) is 0 Å². The van der Waals surface area contributed by atoms with Crippen molar-refractivity contribution in [3.05, 3.63) is 67.9 Å². The third kappa shape index (κ3) is 3.64. The maximum absolute atomic E-state index is 6.23. The summed E-state index contributed by atoms with van der Waals surface area (Å²) in [6.45, 7) is 0. The molecule has 3 aromatic rings. The SMILES string of the molecule is S=c1[nH]nc(-c2ccc(Cl)cc2Cl)n1/N=C\c1ccc(Cl)cc1. The summed E-state index contributed by atoms with van der Waals surface area (Å²) < 4.78 is 1.86. The van der Waals surface area contributed by atoms with Gasteiger partial charge < -0.3 is 0 Å². The molecule has 0 amide bonds. The Labute approximate surface area is 152 Å². The first-order valence-corrected chi connectivity index (χ1v) is 8.01. The standard InChI is InChI=1S/C15H9Cl3N4S/c16-10-3-1-9(2-4-10)8-19-22-14(20-21-15(22)23)12-6-5-11(17)7-13(12)18/h1-8H,(H,21,23)/b19-8-. The van der Waals surface area contributed by atoms with Crippen molar-refractivity contribution >= 4 is 53.2 Å². The normalized spacial score (nSPS) is 11.3. The zero-order valence-corrected chi connectivity index (χ0v) is 14.6. The summed E-state index contributed by atoms with van der Waals surface area (Å²) in [5, 5.41) is 12.9. The Bertz CT molecular complexity index is 929. The first kappa shape index (κ1) is 16.2. The number of hydrogen-bond donors (Lipinski definition) is 1. The van der Waals surface area contributed by atoms with Gasteiger partial charge in [0.15, 0.2) is 5.82 Å². The predicted molar refractivity (Wildman–Crippen MR) is 97.3 cm³/mol. The molecule has 4 nitrogen and oxygen atoms in total. The van der Waals surface area contributed by atoms with Crippen LogP contribution in [0.5, 0.6) is 0 Å². The van der Waals surface area contributed by atoms with E-state index in [1.54, 1.807) is 36.5 Å². The van der Waals surface area contributed by atoms with Crippen LogP contribution in [-0.4, -0.2) is 21.1 Å². The van der Waals surface area contributed by atoms with Gasteiger partial charge in [0.2, 0.25) is 4.77 Å². The molecule has 1 aromatic heterocycles. The highest BCUT2D eigenvalue weighted by Gasteiger charge is 2.12. The van der Waals surface area contributed by atoms with Crippen LogP contribution in [0.2, 0.25) is 15.1 Å². The monoisotopic (exact) mass is 382 g/mol. The van der Waals surface area contributed by atoms with Gasteiger partial charge in [0.05, 0.1) is 11.2 Å². The Morgan fingerprint density at radius 2 is 1.74 bits per heavy atom. The minimum Gasteiger partial charge on any atom is -0.250 e. The van der Waals surface area contributed by atoms with Crippen molar-refractivity contribution in [3.8, 4) is 11.4 Å². The number of nitrogens with zero attached hydrogens (tertiary/aromatic N) is 3. The van der Waals surface area contributed by atoms with Crippen molar-refractivity contribution in [2.24, 2.45) is 5.10 Å². The average Bonchev–Trinajstić information content (AvgIpc) is 2.88. The van der Waals surface area contributed by atoms with E-state index in [4.69, 9.17) is 47.0 Å². The van der Waals surface area contributed by atoms with E-state index in [1.807, 2.05) is 12.1 Å². The number of aromatic nitrogens is 3. The summed E-state index contributed by atoms with van der Waals surface area (Å²) in [6, 6.07) is 12.4. The van der Waals surface area contributed by atoms with E-state index in [9.17, 15) is 0 Å². The van der Waals surface area contributed by atoms with E-state index >= 15 is 0 Å². The van der Waals surface area contributed by atoms with Crippen LogP contribution in [0.3, 0.4) is 0 Å². The quantitative estimate of drug-likeness (QED) is 0.483. The van der Waals surface area contributed by atoms with Gasteiger partial charge in [-0.2, -0.15) is 14.9 Å². The number of nitrogens with one attached hydrogen (secondary N) is 1. The first-order chi connectivity index (χ1) is 11.0. The van der Waals surface area contributed by atoms with Gasteiger partial charge >= 0.3 is 0 Å². The number of hydrogen-bond acceptors (Lipinski definition) is 3. The average molecular weight is 384 g/mol. The van der Waals surface area contributed by atoms with Crippen molar-refractivity contribution in [1.29, 1.82) is 0 Å². The number of rotatable bonds is 3. The molecular formula is C15H9Cl3N4S. The highest BCUT2D eigenvalue weighted by molar-refractivity contribution is 7.71. The largest absolute Gasteiger partial charge is 0.250 e. The molecule has 0 fully saturated rings. The molecule has 0 atom stereocenters. The first-order valence-electron chi connectivity index (χ1n) is 6.47. The second-order valence-electron chi connectivity index (χ2n) is 4.58. The minimum atomic E-state index is 0.358. The van der Waals surface area contributed by atoms with Gasteiger partial charge in [0.1, 0.15) is 0 Å². The van der Waals surface area contributed by atoms with Crippen LogP contribution in [0.25, 0.3) is 11.4 Å². The van der Waals surface area contributed by atoms with Crippen molar-refractivity contribution in [2.75, 3.05) is 0 Å². The van der Waals surface area contributed by atoms with Gasteiger partial charge in [-0.25, -0.2) is 5.10 Å². The van der Waals surface area contributed by atoms with Gasteiger partial charge in [-0.15, -0.1) is 0 Å². The summed E-state index contributed by atoms with van der Waals surface area (Å²) in [5.74, 6) is 0.502.